The first-order chi connectivity index (χ1) is 11.8. The van der Waals surface area contributed by atoms with E-state index in [9.17, 15) is 4.79 Å². The third-order valence-corrected chi connectivity index (χ3v) is 4.65. The van der Waals surface area contributed by atoms with Gasteiger partial charge in [0.25, 0.3) is 0 Å². The van der Waals surface area contributed by atoms with Gasteiger partial charge in [0.1, 0.15) is 0 Å². The highest BCUT2D eigenvalue weighted by Gasteiger charge is 2.26. The highest BCUT2D eigenvalue weighted by molar-refractivity contribution is 5.72. The van der Waals surface area contributed by atoms with Crippen molar-refractivity contribution >= 4 is 5.97 Å². The van der Waals surface area contributed by atoms with Crippen LogP contribution in [-0.4, -0.2) is 28.4 Å². The number of esters is 1. The molecule has 1 aliphatic rings. The van der Waals surface area contributed by atoms with Gasteiger partial charge in [-0.05, 0) is 56.4 Å². The largest absolute Gasteiger partial charge is 0.466 e. The van der Waals surface area contributed by atoms with Crippen LogP contribution in [0.2, 0.25) is 0 Å². The lowest BCUT2D eigenvalue weighted by Gasteiger charge is -2.28. The molecule has 5 heteroatoms. The van der Waals surface area contributed by atoms with Crippen LogP contribution in [0, 0.1) is 5.92 Å². The molecule has 0 atom stereocenters. The molecule has 0 unspecified atom stereocenters. The molecule has 3 rings (SSSR count). The first kappa shape index (κ1) is 16.7. The van der Waals surface area contributed by atoms with E-state index in [1.807, 2.05) is 23.9 Å². The minimum absolute atomic E-state index is 0.0230. The number of hydrogen-bond acceptors (Lipinski definition) is 4. The van der Waals surface area contributed by atoms with Crippen molar-refractivity contribution in [2.75, 3.05) is 6.61 Å². The summed E-state index contributed by atoms with van der Waals surface area (Å²) in [5.74, 6) is 0.0708. The summed E-state index contributed by atoms with van der Waals surface area (Å²) in [4.78, 5) is 11.8. The minimum atomic E-state index is -0.0230. The fraction of sp³-hybridized carbons (Fsp3) is 0.474. The molecule has 5 nitrogen and oxygen atoms in total. The zero-order valence-electron chi connectivity index (χ0n) is 14.1. The lowest BCUT2D eigenvalue weighted by atomic mass is 9.86. The first-order valence-electron chi connectivity index (χ1n) is 8.75. The number of aromatic nitrogens is 2. The molecule has 0 bridgehead atoms. The van der Waals surface area contributed by atoms with Crippen LogP contribution >= 0.6 is 0 Å². The second kappa shape index (κ2) is 8.11. The van der Waals surface area contributed by atoms with Crippen molar-refractivity contribution < 1.29 is 9.53 Å². The van der Waals surface area contributed by atoms with Crippen molar-refractivity contribution in [3.05, 3.63) is 48.3 Å². The molecule has 2 aromatic rings. The molecular formula is C19H25N3O2. The van der Waals surface area contributed by atoms with Crippen LogP contribution in [0.4, 0.5) is 0 Å². The van der Waals surface area contributed by atoms with E-state index in [4.69, 9.17) is 4.74 Å². The van der Waals surface area contributed by atoms with Gasteiger partial charge in [0, 0.05) is 25.0 Å². The molecule has 1 N–H and O–H groups in total. The fourth-order valence-electron chi connectivity index (χ4n) is 3.24. The predicted molar refractivity (Wildman–Crippen MR) is 92.8 cm³/mol. The Labute approximate surface area is 143 Å². The number of rotatable bonds is 6. The summed E-state index contributed by atoms with van der Waals surface area (Å²) < 4.78 is 6.98. The van der Waals surface area contributed by atoms with Crippen LogP contribution in [-0.2, 0) is 16.1 Å². The van der Waals surface area contributed by atoms with Crippen molar-refractivity contribution in [3.8, 4) is 5.69 Å². The van der Waals surface area contributed by atoms with E-state index in [2.05, 4.69) is 34.7 Å². The highest BCUT2D eigenvalue weighted by Crippen LogP contribution is 2.25. The Balaban J connectivity index is 1.44. The minimum Gasteiger partial charge on any atom is -0.466 e. The van der Waals surface area contributed by atoms with Gasteiger partial charge in [0.05, 0.1) is 18.2 Å². The molecule has 1 saturated carbocycles. The SMILES string of the molecule is CCOC(=O)C1CCC(NCc2ccc(-n3cccn3)cc2)CC1. The van der Waals surface area contributed by atoms with Crippen LogP contribution in [0.5, 0.6) is 0 Å². The Morgan fingerprint density at radius 3 is 2.62 bits per heavy atom. The third-order valence-electron chi connectivity index (χ3n) is 4.65. The quantitative estimate of drug-likeness (QED) is 0.829. The second-order valence-corrected chi connectivity index (χ2v) is 6.30. The van der Waals surface area contributed by atoms with Gasteiger partial charge < -0.3 is 10.1 Å². The molecule has 0 spiro atoms. The zero-order chi connectivity index (χ0) is 16.8. The van der Waals surface area contributed by atoms with Crippen molar-refractivity contribution in [1.29, 1.82) is 0 Å². The number of nitrogens with one attached hydrogen (secondary N) is 1. The third kappa shape index (κ3) is 4.23. The number of carbonyl (C=O) groups is 1. The van der Waals surface area contributed by atoms with Crippen molar-refractivity contribution in [2.24, 2.45) is 5.92 Å². The van der Waals surface area contributed by atoms with E-state index in [0.717, 1.165) is 37.9 Å². The van der Waals surface area contributed by atoms with Crippen molar-refractivity contribution in [3.63, 3.8) is 0 Å². The van der Waals surface area contributed by atoms with Gasteiger partial charge in [0.2, 0.25) is 0 Å². The maximum absolute atomic E-state index is 11.8. The molecule has 0 saturated heterocycles. The summed E-state index contributed by atoms with van der Waals surface area (Å²) in [6.07, 6.45) is 7.64. The molecule has 1 aromatic heterocycles. The molecular weight excluding hydrogens is 302 g/mol. The average molecular weight is 327 g/mol. The molecule has 0 aliphatic heterocycles. The molecule has 1 fully saturated rings. The van der Waals surface area contributed by atoms with Crippen molar-refractivity contribution in [1.82, 2.24) is 15.1 Å². The van der Waals surface area contributed by atoms with Gasteiger partial charge in [-0.1, -0.05) is 12.1 Å². The number of carbonyl (C=O) groups excluding carboxylic acids is 1. The monoisotopic (exact) mass is 327 g/mol. The molecule has 1 aromatic carbocycles. The molecule has 0 amide bonds. The summed E-state index contributed by atoms with van der Waals surface area (Å²) in [6.45, 7) is 3.20. The van der Waals surface area contributed by atoms with Crippen molar-refractivity contribution in [2.45, 2.75) is 45.2 Å². The summed E-state index contributed by atoms with van der Waals surface area (Å²) in [6, 6.07) is 10.8. The van der Waals surface area contributed by atoms with E-state index in [-0.39, 0.29) is 11.9 Å². The lowest BCUT2D eigenvalue weighted by molar-refractivity contribution is -0.149. The fourth-order valence-corrected chi connectivity index (χ4v) is 3.24. The lowest BCUT2D eigenvalue weighted by Crippen LogP contribution is -2.35. The number of hydrogen-bond donors (Lipinski definition) is 1. The predicted octanol–water partition coefficient (Wildman–Crippen LogP) is 3.08. The van der Waals surface area contributed by atoms with Gasteiger partial charge in [-0.2, -0.15) is 5.10 Å². The number of ether oxygens (including phenoxy) is 1. The van der Waals surface area contributed by atoms with Crippen LogP contribution in [0.3, 0.4) is 0 Å². The van der Waals surface area contributed by atoms with E-state index >= 15 is 0 Å². The normalized spacial score (nSPS) is 20.7. The average Bonchev–Trinajstić information content (AvgIpc) is 3.16. The molecule has 1 heterocycles. The molecule has 0 radical (unpaired) electrons. The van der Waals surface area contributed by atoms with E-state index in [1.165, 1.54) is 5.56 Å². The molecule has 24 heavy (non-hydrogen) atoms. The maximum atomic E-state index is 11.8. The number of benzene rings is 1. The second-order valence-electron chi connectivity index (χ2n) is 6.30. The standard InChI is InChI=1S/C19H25N3O2/c1-2-24-19(23)16-6-8-17(9-7-16)20-14-15-4-10-18(11-5-15)22-13-3-12-21-22/h3-5,10-13,16-17,20H,2,6-9,14H2,1H3. The summed E-state index contributed by atoms with van der Waals surface area (Å²) in [5, 5.41) is 7.84. The highest BCUT2D eigenvalue weighted by atomic mass is 16.5. The Bertz CT molecular complexity index is 629. The van der Waals surface area contributed by atoms with Gasteiger partial charge >= 0.3 is 5.97 Å². The van der Waals surface area contributed by atoms with Crippen LogP contribution < -0.4 is 5.32 Å². The molecule has 128 valence electrons. The van der Waals surface area contributed by atoms with Gasteiger partial charge in [-0.15, -0.1) is 0 Å². The van der Waals surface area contributed by atoms with Crippen LogP contribution in [0.1, 0.15) is 38.2 Å². The van der Waals surface area contributed by atoms with E-state index < -0.39 is 0 Å². The summed E-state index contributed by atoms with van der Waals surface area (Å²) in [7, 11) is 0. The van der Waals surface area contributed by atoms with Crippen LogP contribution in [0.25, 0.3) is 5.69 Å². The smallest absolute Gasteiger partial charge is 0.308 e. The summed E-state index contributed by atoms with van der Waals surface area (Å²) in [5.41, 5.74) is 2.33. The van der Waals surface area contributed by atoms with Gasteiger partial charge in [0.15, 0.2) is 0 Å². The Kier molecular flexibility index (Phi) is 5.64. The molecule has 1 aliphatic carbocycles. The van der Waals surface area contributed by atoms with Crippen LogP contribution in [0.15, 0.2) is 42.7 Å². The maximum Gasteiger partial charge on any atom is 0.308 e. The Morgan fingerprint density at radius 2 is 2.00 bits per heavy atom. The topological polar surface area (TPSA) is 56.1 Å². The Morgan fingerprint density at radius 1 is 1.25 bits per heavy atom. The van der Waals surface area contributed by atoms with Gasteiger partial charge in [-0.3, -0.25) is 4.79 Å². The zero-order valence-corrected chi connectivity index (χ0v) is 14.1. The van der Waals surface area contributed by atoms with E-state index in [0.29, 0.717) is 12.6 Å². The van der Waals surface area contributed by atoms with Gasteiger partial charge in [-0.25, -0.2) is 4.68 Å². The number of nitrogens with zero attached hydrogens (tertiary/aromatic N) is 2. The summed E-state index contributed by atoms with van der Waals surface area (Å²) >= 11 is 0. The van der Waals surface area contributed by atoms with E-state index in [1.54, 1.807) is 6.20 Å². The first-order valence-corrected chi connectivity index (χ1v) is 8.75. The Hall–Kier alpha value is -2.14.